The van der Waals surface area contributed by atoms with Crippen molar-refractivity contribution in [3.05, 3.63) is 5.38 Å². The summed E-state index contributed by atoms with van der Waals surface area (Å²) in [5, 5.41) is 1.97. The molecule has 0 radical (unpaired) electrons. The lowest BCUT2D eigenvalue weighted by Crippen LogP contribution is -1.76. The van der Waals surface area contributed by atoms with Crippen LogP contribution in [-0.4, -0.2) is 4.37 Å². The number of aromatic nitrogens is 1. The van der Waals surface area contributed by atoms with Crippen LogP contribution in [-0.2, 0) is 0 Å². The Morgan fingerprint density at radius 1 is 1.50 bits per heavy atom. The first-order valence-corrected chi connectivity index (χ1v) is 3.74. The molecular formula is C3H3N3S2. The first kappa shape index (κ1) is 4.46. The van der Waals surface area contributed by atoms with Crippen LogP contribution < -0.4 is 9.44 Å². The second-order valence-corrected chi connectivity index (χ2v) is 2.62. The van der Waals surface area contributed by atoms with E-state index in [4.69, 9.17) is 0 Å². The van der Waals surface area contributed by atoms with Crippen LogP contribution in [0.1, 0.15) is 0 Å². The molecule has 42 valence electrons. The van der Waals surface area contributed by atoms with Crippen molar-refractivity contribution in [3.63, 3.8) is 0 Å². The van der Waals surface area contributed by atoms with Crippen LogP contribution in [0.2, 0.25) is 0 Å². The van der Waals surface area contributed by atoms with Gasteiger partial charge in [0.2, 0.25) is 0 Å². The third kappa shape index (κ3) is 0.482. The molecule has 0 aromatic carbocycles. The molecule has 0 amide bonds. The van der Waals surface area contributed by atoms with E-state index in [-0.39, 0.29) is 0 Å². The molecule has 2 heterocycles. The Bertz CT molecular complexity index is 178. The van der Waals surface area contributed by atoms with Crippen molar-refractivity contribution in [2.45, 2.75) is 0 Å². The molecule has 5 heteroatoms. The van der Waals surface area contributed by atoms with Crippen LogP contribution in [0.5, 0.6) is 0 Å². The molecule has 0 fully saturated rings. The van der Waals surface area contributed by atoms with Crippen molar-refractivity contribution >= 4 is 35.2 Å². The Balaban J connectivity index is 2.54. The fraction of sp³-hybridized carbons (Fsp3) is 0. The van der Waals surface area contributed by atoms with Gasteiger partial charge in [0, 0.05) is 5.38 Å². The van der Waals surface area contributed by atoms with Crippen LogP contribution >= 0.6 is 23.7 Å². The molecule has 0 aliphatic carbocycles. The van der Waals surface area contributed by atoms with E-state index in [0.29, 0.717) is 0 Å². The van der Waals surface area contributed by atoms with Crippen molar-refractivity contribution in [1.82, 2.24) is 4.37 Å². The van der Waals surface area contributed by atoms with Gasteiger partial charge < -0.3 is 4.72 Å². The normalized spacial score (nSPS) is 14.5. The van der Waals surface area contributed by atoms with Crippen molar-refractivity contribution < 1.29 is 0 Å². The molecule has 0 unspecified atom stereocenters. The Hall–Kier alpha value is -0.420. The summed E-state index contributed by atoms with van der Waals surface area (Å²) in [6.45, 7) is 0. The van der Waals surface area contributed by atoms with Gasteiger partial charge in [-0.15, -0.1) is 0 Å². The molecule has 1 aliphatic rings. The van der Waals surface area contributed by atoms with Crippen molar-refractivity contribution in [3.8, 4) is 0 Å². The van der Waals surface area contributed by atoms with Gasteiger partial charge >= 0.3 is 0 Å². The highest BCUT2D eigenvalue weighted by Crippen LogP contribution is 2.32. The first-order chi connectivity index (χ1) is 3.97. The quantitative estimate of drug-likeness (QED) is 0.543. The van der Waals surface area contributed by atoms with Gasteiger partial charge in [-0.1, -0.05) is 0 Å². The van der Waals surface area contributed by atoms with E-state index in [1.807, 2.05) is 5.38 Å². The van der Waals surface area contributed by atoms with Crippen molar-refractivity contribution in [2.24, 2.45) is 0 Å². The molecule has 2 rings (SSSR count). The number of fused-ring (bicyclic) bond motifs is 1. The maximum Gasteiger partial charge on any atom is 0.175 e. The van der Waals surface area contributed by atoms with E-state index >= 15 is 0 Å². The van der Waals surface area contributed by atoms with Crippen LogP contribution in [0.3, 0.4) is 0 Å². The van der Waals surface area contributed by atoms with E-state index in [1.165, 1.54) is 23.7 Å². The molecule has 0 atom stereocenters. The smallest absolute Gasteiger partial charge is 0.175 e. The zero-order valence-corrected chi connectivity index (χ0v) is 5.47. The summed E-state index contributed by atoms with van der Waals surface area (Å²) in [6, 6.07) is 0. The number of nitrogens with one attached hydrogen (secondary N) is 2. The Labute approximate surface area is 54.9 Å². The average molecular weight is 145 g/mol. The van der Waals surface area contributed by atoms with Gasteiger partial charge in [0.25, 0.3) is 0 Å². The highest BCUT2D eigenvalue weighted by Gasteiger charge is 2.10. The number of hydrogen-bond donors (Lipinski definition) is 2. The fourth-order valence-corrected chi connectivity index (χ4v) is 1.79. The average Bonchev–Trinajstić information content (AvgIpc) is 2.15. The van der Waals surface area contributed by atoms with E-state index in [1.54, 1.807) is 0 Å². The Morgan fingerprint density at radius 3 is 3.38 bits per heavy atom. The van der Waals surface area contributed by atoms with Crippen LogP contribution in [0.4, 0.5) is 11.5 Å². The van der Waals surface area contributed by atoms with Gasteiger partial charge in [-0.3, -0.25) is 4.72 Å². The Kier molecular flexibility index (Phi) is 0.851. The zero-order valence-electron chi connectivity index (χ0n) is 3.84. The summed E-state index contributed by atoms with van der Waals surface area (Å²) < 4.78 is 10.1. The van der Waals surface area contributed by atoms with Gasteiger partial charge in [0.05, 0.1) is 12.1 Å². The summed E-state index contributed by atoms with van der Waals surface area (Å²) in [6.07, 6.45) is 0. The van der Waals surface area contributed by atoms with E-state index in [9.17, 15) is 0 Å². The van der Waals surface area contributed by atoms with Crippen molar-refractivity contribution in [2.75, 3.05) is 9.44 Å². The molecule has 1 aromatic rings. The van der Waals surface area contributed by atoms with E-state index < -0.39 is 0 Å². The molecule has 2 N–H and O–H groups in total. The van der Waals surface area contributed by atoms with Gasteiger partial charge in [0.15, 0.2) is 5.82 Å². The fourth-order valence-electron chi connectivity index (χ4n) is 0.512. The highest BCUT2D eigenvalue weighted by atomic mass is 32.2. The maximum atomic E-state index is 4.04. The van der Waals surface area contributed by atoms with Crippen LogP contribution in [0, 0.1) is 0 Å². The minimum Gasteiger partial charge on any atom is -0.308 e. The Morgan fingerprint density at radius 2 is 2.50 bits per heavy atom. The first-order valence-electron chi connectivity index (χ1n) is 2.09. The summed E-state index contributed by atoms with van der Waals surface area (Å²) in [4.78, 5) is 0. The number of anilines is 2. The van der Waals surface area contributed by atoms with Gasteiger partial charge in [0.1, 0.15) is 5.69 Å². The molecule has 0 saturated heterocycles. The molecule has 0 saturated carbocycles. The van der Waals surface area contributed by atoms with Crippen LogP contribution in [0.25, 0.3) is 0 Å². The number of hydrogen-bond acceptors (Lipinski definition) is 5. The maximum absolute atomic E-state index is 4.04. The summed E-state index contributed by atoms with van der Waals surface area (Å²) >= 11 is 2.91. The predicted molar refractivity (Wildman–Crippen MR) is 37.0 cm³/mol. The standard InChI is InChI=1S/C3H3N3S2/c1-2-3(5-7-1)6-8-4-2/h1,4H,(H,5,6). The minimum atomic E-state index is 0.958. The topological polar surface area (TPSA) is 37.0 Å². The van der Waals surface area contributed by atoms with E-state index in [2.05, 4.69) is 13.8 Å². The SMILES string of the molecule is c1snc2c1NSN2. The molecule has 1 aromatic heterocycles. The second-order valence-electron chi connectivity index (χ2n) is 1.38. The monoisotopic (exact) mass is 145 g/mol. The molecule has 8 heavy (non-hydrogen) atoms. The van der Waals surface area contributed by atoms with Gasteiger partial charge in [-0.05, 0) is 11.5 Å². The van der Waals surface area contributed by atoms with Gasteiger partial charge in [-0.2, -0.15) is 4.37 Å². The molecule has 0 bridgehead atoms. The van der Waals surface area contributed by atoms with Crippen molar-refractivity contribution in [1.29, 1.82) is 0 Å². The largest absolute Gasteiger partial charge is 0.308 e. The lowest BCUT2D eigenvalue weighted by Gasteiger charge is -1.83. The zero-order chi connectivity index (χ0) is 5.40. The second kappa shape index (κ2) is 1.53. The van der Waals surface area contributed by atoms with E-state index in [0.717, 1.165) is 11.5 Å². The summed E-state index contributed by atoms with van der Waals surface area (Å²) in [7, 11) is 0. The highest BCUT2D eigenvalue weighted by molar-refractivity contribution is 8.02. The molecule has 0 spiro atoms. The van der Waals surface area contributed by atoms with Crippen LogP contribution in [0.15, 0.2) is 5.38 Å². The third-order valence-electron chi connectivity index (χ3n) is 0.878. The number of rotatable bonds is 0. The lowest BCUT2D eigenvalue weighted by atomic mass is 10.6. The lowest BCUT2D eigenvalue weighted by molar-refractivity contribution is 1.58. The predicted octanol–water partition coefficient (Wildman–Crippen LogP) is 1.54. The summed E-state index contributed by atoms with van der Waals surface area (Å²) in [5.41, 5.74) is 1.10. The summed E-state index contributed by atoms with van der Waals surface area (Å²) in [5.74, 6) is 0.958. The minimum absolute atomic E-state index is 0.958. The third-order valence-corrected chi connectivity index (χ3v) is 2.12. The molecular weight excluding hydrogens is 142 g/mol. The number of nitrogens with zero attached hydrogens (tertiary/aromatic N) is 1. The molecule has 1 aliphatic heterocycles. The molecule has 3 nitrogen and oxygen atoms in total. The van der Waals surface area contributed by atoms with Gasteiger partial charge in [-0.25, -0.2) is 0 Å².